The Morgan fingerprint density at radius 2 is 2.38 bits per heavy atom. The fourth-order valence-corrected chi connectivity index (χ4v) is 2.19. The zero-order valence-electron chi connectivity index (χ0n) is 12.2. The first-order chi connectivity index (χ1) is 10.2. The number of nitrogens with one attached hydrogen (secondary N) is 2. The standard InChI is InChI=1S/C14H21N3O4/c1-20-10-11-3-4-12(21-11)14(19)16-5-2-7-17-8-6-15-13(18)9-17/h3-4H,2,5-10H2,1H3,(H,15,18)(H,16,19). The number of rotatable bonds is 7. The van der Waals surface area contributed by atoms with Gasteiger partial charge in [-0.1, -0.05) is 0 Å². The van der Waals surface area contributed by atoms with Crippen LogP contribution in [0.5, 0.6) is 0 Å². The van der Waals surface area contributed by atoms with E-state index in [1.807, 2.05) is 0 Å². The second kappa shape index (κ2) is 7.80. The first-order valence-corrected chi connectivity index (χ1v) is 7.04. The fraction of sp³-hybridized carbons (Fsp3) is 0.571. The third-order valence-corrected chi connectivity index (χ3v) is 3.23. The van der Waals surface area contributed by atoms with Gasteiger partial charge in [0.05, 0.1) is 6.54 Å². The lowest BCUT2D eigenvalue weighted by molar-refractivity contribution is -0.124. The van der Waals surface area contributed by atoms with Gasteiger partial charge in [0, 0.05) is 33.3 Å². The molecule has 0 aromatic carbocycles. The van der Waals surface area contributed by atoms with Crippen LogP contribution in [0.25, 0.3) is 0 Å². The van der Waals surface area contributed by atoms with Gasteiger partial charge in [-0.05, 0) is 18.6 Å². The Morgan fingerprint density at radius 1 is 1.52 bits per heavy atom. The van der Waals surface area contributed by atoms with E-state index in [1.165, 1.54) is 0 Å². The third-order valence-electron chi connectivity index (χ3n) is 3.23. The second-order valence-electron chi connectivity index (χ2n) is 4.93. The van der Waals surface area contributed by atoms with Gasteiger partial charge >= 0.3 is 0 Å². The summed E-state index contributed by atoms with van der Waals surface area (Å²) in [6, 6.07) is 3.36. The van der Waals surface area contributed by atoms with Gasteiger partial charge in [-0.15, -0.1) is 0 Å². The predicted octanol–water partition coefficient (Wildman–Crippen LogP) is -0.0223. The molecule has 1 aliphatic heterocycles. The molecule has 0 saturated carbocycles. The molecule has 0 aliphatic carbocycles. The molecule has 1 fully saturated rings. The van der Waals surface area contributed by atoms with Crippen LogP contribution in [0.15, 0.2) is 16.5 Å². The molecule has 0 spiro atoms. The first-order valence-electron chi connectivity index (χ1n) is 7.04. The normalized spacial score (nSPS) is 15.8. The van der Waals surface area contributed by atoms with Crippen LogP contribution in [0.4, 0.5) is 0 Å². The van der Waals surface area contributed by atoms with Crippen LogP contribution in [0.3, 0.4) is 0 Å². The van der Waals surface area contributed by atoms with Crippen molar-refractivity contribution in [2.24, 2.45) is 0 Å². The van der Waals surface area contributed by atoms with Crippen LogP contribution in [-0.2, 0) is 16.1 Å². The minimum absolute atomic E-state index is 0.0616. The van der Waals surface area contributed by atoms with Crippen LogP contribution in [-0.4, -0.2) is 56.5 Å². The van der Waals surface area contributed by atoms with Crippen molar-refractivity contribution in [1.82, 2.24) is 15.5 Å². The highest BCUT2D eigenvalue weighted by Crippen LogP contribution is 2.08. The molecule has 1 aromatic rings. The van der Waals surface area contributed by atoms with Gasteiger partial charge in [0.25, 0.3) is 5.91 Å². The number of methoxy groups -OCH3 is 1. The van der Waals surface area contributed by atoms with Crippen molar-refractivity contribution in [1.29, 1.82) is 0 Å². The Bertz CT molecular complexity index is 486. The molecule has 2 heterocycles. The third kappa shape index (κ3) is 4.87. The van der Waals surface area contributed by atoms with E-state index in [-0.39, 0.29) is 11.8 Å². The van der Waals surface area contributed by atoms with Crippen molar-refractivity contribution in [2.45, 2.75) is 13.0 Å². The SMILES string of the molecule is COCc1ccc(C(=O)NCCCN2CCNC(=O)C2)o1. The van der Waals surface area contributed by atoms with Crippen LogP contribution >= 0.6 is 0 Å². The maximum Gasteiger partial charge on any atom is 0.286 e. The Balaban J connectivity index is 1.65. The van der Waals surface area contributed by atoms with Crippen molar-refractivity contribution in [2.75, 3.05) is 39.8 Å². The smallest absolute Gasteiger partial charge is 0.286 e. The molecule has 2 rings (SSSR count). The highest BCUT2D eigenvalue weighted by Gasteiger charge is 2.15. The minimum Gasteiger partial charge on any atom is -0.453 e. The summed E-state index contributed by atoms with van der Waals surface area (Å²) in [5.74, 6) is 0.752. The molecule has 7 heteroatoms. The lowest BCUT2D eigenvalue weighted by Crippen LogP contribution is -2.48. The maximum absolute atomic E-state index is 11.8. The second-order valence-corrected chi connectivity index (χ2v) is 4.93. The van der Waals surface area contributed by atoms with Gasteiger partial charge in [-0.25, -0.2) is 0 Å². The minimum atomic E-state index is -0.228. The summed E-state index contributed by atoms with van der Waals surface area (Å²) in [6.45, 7) is 3.69. The number of carbonyl (C=O) groups excluding carboxylic acids is 2. The van der Waals surface area contributed by atoms with E-state index in [9.17, 15) is 9.59 Å². The van der Waals surface area contributed by atoms with E-state index in [0.717, 1.165) is 19.5 Å². The molecule has 7 nitrogen and oxygen atoms in total. The van der Waals surface area contributed by atoms with E-state index in [4.69, 9.17) is 9.15 Å². The average Bonchev–Trinajstić information content (AvgIpc) is 2.93. The zero-order chi connectivity index (χ0) is 15.1. The van der Waals surface area contributed by atoms with Gasteiger partial charge in [-0.3, -0.25) is 14.5 Å². The van der Waals surface area contributed by atoms with Crippen molar-refractivity contribution >= 4 is 11.8 Å². The van der Waals surface area contributed by atoms with E-state index >= 15 is 0 Å². The molecule has 0 atom stereocenters. The predicted molar refractivity (Wildman–Crippen MR) is 75.8 cm³/mol. The molecule has 2 N–H and O–H groups in total. The van der Waals surface area contributed by atoms with Crippen LogP contribution < -0.4 is 10.6 Å². The summed E-state index contributed by atoms with van der Waals surface area (Å²) >= 11 is 0. The Morgan fingerprint density at radius 3 is 3.14 bits per heavy atom. The Kier molecular flexibility index (Phi) is 5.77. The van der Waals surface area contributed by atoms with E-state index in [1.54, 1.807) is 19.2 Å². The van der Waals surface area contributed by atoms with Crippen LogP contribution in [0.2, 0.25) is 0 Å². The summed E-state index contributed by atoms with van der Waals surface area (Å²) in [4.78, 5) is 25.1. The highest BCUT2D eigenvalue weighted by atomic mass is 16.5. The van der Waals surface area contributed by atoms with Gasteiger partial charge in [0.1, 0.15) is 12.4 Å². The molecule has 0 bridgehead atoms. The fourth-order valence-electron chi connectivity index (χ4n) is 2.19. The summed E-state index contributed by atoms with van der Waals surface area (Å²) in [5, 5.41) is 5.59. The van der Waals surface area contributed by atoms with Gasteiger partial charge in [0.15, 0.2) is 5.76 Å². The molecule has 1 saturated heterocycles. The average molecular weight is 295 g/mol. The summed E-state index contributed by atoms with van der Waals surface area (Å²) in [5.41, 5.74) is 0. The van der Waals surface area contributed by atoms with Crippen molar-refractivity contribution in [3.05, 3.63) is 23.7 Å². The number of ether oxygens (including phenoxy) is 1. The Hall–Kier alpha value is -1.86. The van der Waals surface area contributed by atoms with Crippen LogP contribution in [0, 0.1) is 0 Å². The number of hydrogen-bond donors (Lipinski definition) is 2. The van der Waals surface area contributed by atoms with Gasteiger partial charge in [-0.2, -0.15) is 0 Å². The zero-order valence-corrected chi connectivity index (χ0v) is 12.2. The molecular weight excluding hydrogens is 274 g/mol. The van der Waals surface area contributed by atoms with E-state index < -0.39 is 0 Å². The molecule has 1 aliphatic rings. The van der Waals surface area contributed by atoms with Crippen molar-refractivity contribution in [3.8, 4) is 0 Å². The quantitative estimate of drug-likeness (QED) is 0.691. The summed E-state index contributed by atoms with van der Waals surface area (Å²) in [7, 11) is 1.57. The lowest BCUT2D eigenvalue weighted by atomic mass is 10.3. The van der Waals surface area contributed by atoms with Crippen molar-refractivity contribution in [3.63, 3.8) is 0 Å². The van der Waals surface area contributed by atoms with Gasteiger partial charge < -0.3 is 19.8 Å². The number of carbonyl (C=O) groups is 2. The molecule has 116 valence electrons. The van der Waals surface area contributed by atoms with Gasteiger partial charge in [0.2, 0.25) is 5.91 Å². The number of hydrogen-bond acceptors (Lipinski definition) is 5. The largest absolute Gasteiger partial charge is 0.453 e. The topological polar surface area (TPSA) is 83.8 Å². The number of piperazine rings is 1. The molecule has 2 amide bonds. The van der Waals surface area contributed by atoms with E-state index in [2.05, 4.69) is 15.5 Å². The molecule has 0 radical (unpaired) electrons. The summed E-state index contributed by atoms with van der Waals surface area (Å²) in [6.07, 6.45) is 0.796. The molecular formula is C14H21N3O4. The number of amides is 2. The van der Waals surface area contributed by atoms with Crippen LogP contribution in [0.1, 0.15) is 22.7 Å². The molecule has 21 heavy (non-hydrogen) atoms. The van der Waals surface area contributed by atoms with Crippen molar-refractivity contribution < 1.29 is 18.7 Å². The maximum atomic E-state index is 11.8. The number of nitrogens with zero attached hydrogens (tertiary/aromatic N) is 1. The molecule has 1 aromatic heterocycles. The Labute approximate surface area is 123 Å². The van der Waals surface area contributed by atoms with E-state index in [0.29, 0.717) is 37.8 Å². The lowest BCUT2D eigenvalue weighted by Gasteiger charge is -2.26. The monoisotopic (exact) mass is 295 g/mol. The highest BCUT2D eigenvalue weighted by molar-refractivity contribution is 5.91. The first kappa shape index (κ1) is 15.5. The summed E-state index contributed by atoms with van der Waals surface area (Å²) < 4.78 is 10.3. The number of furan rings is 1. The molecule has 0 unspecified atom stereocenters.